The maximum Gasteiger partial charge on any atom is 0.218 e. The zero-order valence-corrected chi connectivity index (χ0v) is 19.9. The van der Waals surface area contributed by atoms with Crippen LogP contribution in [0, 0.1) is 5.82 Å². The van der Waals surface area contributed by atoms with Gasteiger partial charge in [0.2, 0.25) is 5.88 Å². The van der Waals surface area contributed by atoms with Crippen molar-refractivity contribution in [3.05, 3.63) is 54.0 Å². The molecular weight excluding hydrogens is 502 g/mol. The summed E-state index contributed by atoms with van der Waals surface area (Å²) >= 11 is 0. The molecule has 2 rings (SSSR count). The van der Waals surface area contributed by atoms with E-state index >= 15 is 0 Å². The third kappa shape index (κ3) is 9.57. The summed E-state index contributed by atoms with van der Waals surface area (Å²) in [6, 6.07) is 9.88. The largest absolute Gasteiger partial charge is 0.489 e. The first-order chi connectivity index (χ1) is 14.1. The number of nitrogens with one attached hydrogen (secondary N) is 2. The summed E-state index contributed by atoms with van der Waals surface area (Å²) in [6.07, 6.45) is 1.51. The van der Waals surface area contributed by atoms with Crippen molar-refractivity contribution in [1.82, 2.24) is 15.6 Å². The van der Waals surface area contributed by atoms with E-state index in [2.05, 4.69) is 20.6 Å². The van der Waals surface area contributed by atoms with E-state index in [0.717, 1.165) is 12.1 Å². The molecule has 166 valence electrons. The van der Waals surface area contributed by atoms with Gasteiger partial charge >= 0.3 is 0 Å². The zero-order valence-electron chi connectivity index (χ0n) is 17.6. The molecule has 0 aliphatic heterocycles. The van der Waals surface area contributed by atoms with Crippen molar-refractivity contribution in [2.75, 3.05) is 33.4 Å². The molecule has 0 bridgehead atoms. The zero-order chi connectivity index (χ0) is 20.9. The molecule has 1 atom stereocenters. The van der Waals surface area contributed by atoms with Gasteiger partial charge in [-0.05, 0) is 32.0 Å². The fourth-order valence-electron chi connectivity index (χ4n) is 2.46. The average molecular weight is 532 g/mol. The average Bonchev–Trinajstić information content (AvgIpc) is 2.71. The molecule has 7 nitrogen and oxygen atoms in total. The van der Waals surface area contributed by atoms with Gasteiger partial charge in [0.1, 0.15) is 24.3 Å². The molecule has 0 fully saturated rings. The number of aromatic nitrogens is 1. The molecule has 1 heterocycles. The number of benzene rings is 1. The molecule has 2 aromatic rings. The summed E-state index contributed by atoms with van der Waals surface area (Å²) < 4.78 is 29.7. The Bertz CT molecular complexity index is 779. The van der Waals surface area contributed by atoms with E-state index < -0.39 is 0 Å². The number of hydrogen-bond donors (Lipinski definition) is 2. The van der Waals surface area contributed by atoms with E-state index in [1.807, 2.05) is 26.0 Å². The highest BCUT2D eigenvalue weighted by molar-refractivity contribution is 14.0. The molecule has 0 radical (unpaired) electrons. The Balaban J connectivity index is 0.00000450. The van der Waals surface area contributed by atoms with Crippen LogP contribution in [-0.2, 0) is 11.3 Å². The molecule has 1 unspecified atom stereocenters. The van der Waals surface area contributed by atoms with Crippen LogP contribution in [0.2, 0.25) is 0 Å². The van der Waals surface area contributed by atoms with Gasteiger partial charge in [0.05, 0.1) is 19.7 Å². The SMILES string of the molecule is CCNC(=NCc1cccnc1OCCOC)NCC(C)Oc1cccc(F)c1.I. The molecule has 2 N–H and O–H groups in total. The molecule has 9 heteroatoms. The highest BCUT2D eigenvalue weighted by Crippen LogP contribution is 2.15. The normalized spacial score (nSPS) is 11.9. The second-order valence-corrected chi connectivity index (χ2v) is 6.27. The van der Waals surface area contributed by atoms with Crippen molar-refractivity contribution >= 4 is 29.9 Å². The van der Waals surface area contributed by atoms with Crippen LogP contribution in [0.25, 0.3) is 0 Å². The van der Waals surface area contributed by atoms with E-state index in [-0.39, 0.29) is 35.9 Å². The molecular formula is C21H30FIN4O3. The number of halogens is 2. The maximum atomic E-state index is 13.3. The number of methoxy groups -OCH3 is 1. The number of guanidine groups is 1. The number of nitrogens with zero attached hydrogens (tertiary/aromatic N) is 2. The van der Waals surface area contributed by atoms with Crippen LogP contribution in [0.4, 0.5) is 4.39 Å². The summed E-state index contributed by atoms with van der Waals surface area (Å²) in [5, 5.41) is 6.43. The Morgan fingerprint density at radius 2 is 2.03 bits per heavy atom. The number of aliphatic imine (C=N–C) groups is 1. The standard InChI is InChI=1S/C21H29FN4O3.HI/c1-4-23-21(25-14-16(2)29-19-9-5-8-18(22)13-19)26-15-17-7-6-10-24-20(17)28-12-11-27-3;/h5-10,13,16H,4,11-12,14-15H2,1-3H3,(H2,23,25,26);1H. The molecule has 1 aromatic heterocycles. The van der Waals surface area contributed by atoms with Crippen molar-refractivity contribution in [2.24, 2.45) is 4.99 Å². The molecule has 0 aliphatic rings. The lowest BCUT2D eigenvalue weighted by molar-refractivity contribution is 0.143. The lowest BCUT2D eigenvalue weighted by atomic mass is 10.3. The fraction of sp³-hybridized carbons (Fsp3) is 0.429. The highest BCUT2D eigenvalue weighted by atomic mass is 127. The van der Waals surface area contributed by atoms with Crippen LogP contribution in [0.15, 0.2) is 47.6 Å². The summed E-state index contributed by atoms with van der Waals surface area (Å²) in [5.41, 5.74) is 0.880. The van der Waals surface area contributed by atoms with Gasteiger partial charge in [-0.25, -0.2) is 14.4 Å². The van der Waals surface area contributed by atoms with Gasteiger partial charge in [0.15, 0.2) is 5.96 Å². The van der Waals surface area contributed by atoms with Crippen molar-refractivity contribution in [1.29, 1.82) is 0 Å². The van der Waals surface area contributed by atoms with Crippen molar-refractivity contribution in [2.45, 2.75) is 26.5 Å². The molecule has 0 amide bonds. The quantitative estimate of drug-likeness (QED) is 0.200. The first kappa shape index (κ1) is 25.9. The molecule has 0 aliphatic carbocycles. The minimum atomic E-state index is -0.322. The fourth-order valence-corrected chi connectivity index (χ4v) is 2.46. The second kappa shape index (κ2) is 14.8. The molecule has 0 spiro atoms. The molecule has 0 saturated carbocycles. The van der Waals surface area contributed by atoms with Crippen molar-refractivity contribution < 1.29 is 18.6 Å². The van der Waals surface area contributed by atoms with Gasteiger partial charge in [-0.15, -0.1) is 24.0 Å². The van der Waals surface area contributed by atoms with Crippen molar-refractivity contribution in [3.8, 4) is 11.6 Å². The number of pyridine rings is 1. The van der Waals surface area contributed by atoms with Crippen LogP contribution in [0.1, 0.15) is 19.4 Å². The Labute approximate surface area is 194 Å². The van der Waals surface area contributed by atoms with E-state index in [1.54, 1.807) is 25.4 Å². The third-order valence-corrected chi connectivity index (χ3v) is 3.82. The Morgan fingerprint density at radius 3 is 2.77 bits per heavy atom. The first-order valence-corrected chi connectivity index (χ1v) is 9.62. The summed E-state index contributed by atoms with van der Waals surface area (Å²) in [7, 11) is 1.63. The Kier molecular flexibility index (Phi) is 12.8. The van der Waals surface area contributed by atoms with Gasteiger partial charge in [-0.2, -0.15) is 0 Å². The van der Waals surface area contributed by atoms with Crippen LogP contribution in [-0.4, -0.2) is 50.5 Å². The minimum absolute atomic E-state index is 0. The van der Waals surface area contributed by atoms with Crippen LogP contribution < -0.4 is 20.1 Å². The van der Waals surface area contributed by atoms with Gasteiger partial charge in [0.25, 0.3) is 0 Å². The van der Waals surface area contributed by atoms with E-state index in [9.17, 15) is 4.39 Å². The van der Waals surface area contributed by atoms with Gasteiger partial charge in [-0.1, -0.05) is 12.1 Å². The topological polar surface area (TPSA) is 77.0 Å². The van der Waals surface area contributed by atoms with E-state index in [1.165, 1.54) is 12.1 Å². The van der Waals surface area contributed by atoms with Gasteiger partial charge in [-0.3, -0.25) is 0 Å². The number of rotatable bonds is 11. The minimum Gasteiger partial charge on any atom is -0.489 e. The van der Waals surface area contributed by atoms with E-state index in [4.69, 9.17) is 14.2 Å². The first-order valence-electron chi connectivity index (χ1n) is 9.62. The smallest absolute Gasteiger partial charge is 0.218 e. The van der Waals surface area contributed by atoms with Gasteiger partial charge in [0, 0.05) is 31.5 Å². The molecule has 30 heavy (non-hydrogen) atoms. The van der Waals surface area contributed by atoms with Crippen LogP contribution >= 0.6 is 24.0 Å². The number of ether oxygens (including phenoxy) is 3. The van der Waals surface area contributed by atoms with Crippen LogP contribution in [0.5, 0.6) is 11.6 Å². The monoisotopic (exact) mass is 532 g/mol. The van der Waals surface area contributed by atoms with E-state index in [0.29, 0.717) is 43.9 Å². The Morgan fingerprint density at radius 1 is 1.20 bits per heavy atom. The third-order valence-electron chi connectivity index (χ3n) is 3.82. The Hall–Kier alpha value is -2.14. The molecule has 0 saturated heterocycles. The predicted molar refractivity (Wildman–Crippen MR) is 126 cm³/mol. The summed E-state index contributed by atoms with van der Waals surface area (Å²) in [6.45, 7) is 6.45. The molecule has 1 aromatic carbocycles. The predicted octanol–water partition coefficient (Wildman–Crippen LogP) is 3.39. The van der Waals surface area contributed by atoms with Gasteiger partial charge < -0.3 is 24.8 Å². The summed E-state index contributed by atoms with van der Waals surface area (Å²) in [5.74, 6) is 1.37. The van der Waals surface area contributed by atoms with Crippen LogP contribution in [0.3, 0.4) is 0 Å². The lowest BCUT2D eigenvalue weighted by Gasteiger charge is -2.18. The number of hydrogen-bond acceptors (Lipinski definition) is 5. The summed E-state index contributed by atoms with van der Waals surface area (Å²) in [4.78, 5) is 8.86. The van der Waals surface area contributed by atoms with Crippen molar-refractivity contribution in [3.63, 3.8) is 0 Å². The maximum absolute atomic E-state index is 13.3. The highest BCUT2D eigenvalue weighted by Gasteiger charge is 2.08. The lowest BCUT2D eigenvalue weighted by Crippen LogP contribution is -2.41. The second-order valence-electron chi connectivity index (χ2n) is 6.27.